The number of nitrogens with two attached hydrogens (primary N) is 3. The lowest BCUT2D eigenvalue weighted by atomic mass is 9.85. The highest BCUT2D eigenvalue weighted by Gasteiger charge is 2.21. The number of hydrogen-bond donors (Lipinski definition) is 3. The summed E-state index contributed by atoms with van der Waals surface area (Å²) in [6, 6.07) is 13.4. The number of pyridine rings is 1. The van der Waals surface area contributed by atoms with Crippen molar-refractivity contribution in [1.29, 1.82) is 5.26 Å². The average Bonchev–Trinajstić information content (AvgIpc) is 2.62. The molecule has 1 heterocycles. The third-order valence-electron chi connectivity index (χ3n) is 4.12. The van der Waals surface area contributed by atoms with E-state index in [1.165, 1.54) is 0 Å². The fourth-order valence-electron chi connectivity index (χ4n) is 2.62. The Morgan fingerprint density at radius 1 is 1.11 bits per heavy atom. The van der Waals surface area contributed by atoms with Gasteiger partial charge in [0, 0.05) is 28.6 Å². The third kappa shape index (κ3) is 4.53. The Labute approximate surface area is 159 Å². The summed E-state index contributed by atoms with van der Waals surface area (Å²) >= 11 is 0. The number of anilines is 1. The van der Waals surface area contributed by atoms with Crippen LogP contribution in [0.4, 0.5) is 5.82 Å². The predicted octanol–water partition coefficient (Wildman–Crippen LogP) is 3.07. The monoisotopic (exact) mass is 360 g/mol. The number of aliphatic imine (C=N–C) groups is 1. The van der Waals surface area contributed by atoms with Gasteiger partial charge in [0.15, 0.2) is 0 Å². The van der Waals surface area contributed by atoms with Gasteiger partial charge in [0.25, 0.3) is 0 Å². The Balaban J connectivity index is 2.62. The zero-order valence-electron chi connectivity index (χ0n) is 15.8. The largest absolute Gasteiger partial charge is 0.402 e. The Kier molecular flexibility index (Phi) is 5.66. The van der Waals surface area contributed by atoms with E-state index in [9.17, 15) is 5.26 Å². The van der Waals surface area contributed by atoms with Gasteiger partial charge in [0.2, 0.25) is 0 Å². The van der Waals surface area contributed by atoms with E-state index >= 15 is 0 Å². The van der Waals surface area contributed by atoms with Crippen LogP contribution in [0.5, 0.6) is 0 Å². The molecule has 138 valence electrons. The summed E-state index contributed by atoms with van der Waals surface area (Å²) in [7, 11) is 0. The van der Waals surface area contributed by atoms with E-state index in [1.807, 2.05) is 44.2 Å². The maximum absolute atomic E-state index is 9.33. The summed E-state index contributed by atoms with van der Waals surface area (Å²) in [6.45, 7) is 9.21. The van der Waals surface area contributed by atoms with Crippen molar-refractivity contribution >= 4 is 17.1 Å². The predicted molar refractivity (Wildman–Crippen MR) is 110 cm³/mol. The van der Waals surface area contributed by atoms with E-state index in [-0.39, 0.29) is 5.82 Å². The summed E-state index contributed by atoms with van der Waals surface area (Å²) in [6.07, 6.45) is 1.64. The number of aromatic nitrogens is 1. The number of nitrogens with zero attached hydrogens (tertiary/aromatic N) is 3. The molecule has 0 saturated carbocycles. The van der Waals surface area contributed by atoms with Crippen molar-refractivity contribution < 1.29 is 0 Å². The molecule has 27 heavy (non-hydrogen) atoms. The van der Waals surface area contributed by atoms with Gasteiger partial charge >= 0.3 is 0 Å². The highest BCUT2D eigenvalue weighted by molar-refractivity contribution is 6.32. The summed E-state index contributed by atoms with van der Waals surface area (Å²) in [4.78, 5) is 8.56. The molecule has 0 radical (unpaired) electrons. The van der Waals surface area contributed by atoms with Crippen LogP contribution in [0.1, 0.15) is 37.5 Å². The molecular formula is C21H24N6. The molecule has 0 spiro atoms. The van der Waals surface area contributed by atoms with Crippen molar-refractivity contribution in [2.45, 2.75) is 26.2 Å². The molecule has 0 saturated heterocycles. The van der Waals surface area contributed by atoms with Gasteiger partial charge in [-0.3, -0.25) is 0 Å². The van der Waals surface area contributed by atoms with Crippen LogP contribution < -0.4 is 17.2 Å². The van der Waals surface area contributed by atoms with Gasteiger partial charge in [-0.05, 0) is 38.5 Å². The molecule has 0 aliphatic carbocycles. The second-order valence-electron chi connectivity index (χ2n) is 6.80. The molecule has 0 fully saturated rings. The highest BCUT2D eigenvalue weighted by atomic mass is 14.9. The quantitative estimate of drug-likeness (QED) is 0.706. The first-order chi connectivity index (χ1) is 12.7. The highest BCUT2D eigenvalue weighted by Crippen LogP contribution is 2.26. The van der Waals surface area contributed by atoms with E-state index < -0.39 is 5.41 Å². The van der Waals surface area contributed by atoms with Crippen LogP contribution in [0.15, 0.2) is 65.7 Å². The Bertz CT molecular complexity index is 938. The summed E-state index contributed by atoms with van der Waals surface area (Å²) in [5.41, 5.74) is 21.4. The minimum absolute atomic E-state index is 0.161. The first kappa shape index (κ1) is 19.7. The zero-order valence-corrected chi connectivity index (χ0v) is 15.8. The lowest BCUT2D eigenvalue weighted by Crippen LogP contribution is -2.15. The van der Waals surface area contributed by atoms with Crippen molar-refractivity contribution in [3.63, 3.8) is 0 Å². The molecule has 1 aromatic heterocycles. The third-order valence-corrected chi connectivity index (χ3v) is 4.12. The van der Waals surface area contributed by atoms with E-state index in [0.717, 1.165) is 16.7 Å². The normalized spacial score (nSPS) is 12.9. The van der Waals surface area contributed by atoms with E-state index in [1.54, 1.807) is 19.2 Å². The first-order valence-corrected chi connectivity index (χ1v) is 8.39. The number of hydrogen-bond acceptors (Lipinski definition) is 6. The number of nitriles is 1. The second-order valence-corrected chi connectivity index (χ2v) is 6.80. The number of rotatable bonds is 5. The van der Waals surface area contributed by atoms with Gasteiger partial charge in [0.05, 0.1) is 17.2 Å². The van der Waals surface area contributed by atoms with Crippen LogP contribution in [0, 0.1) is 11.3 Å². The molecule has 0 aliphatic rings. The van der Waals surface area contributed by atoms with Gasteiger partial charge in [-0.15, -0.1) is 0 Å². The zero-order chi connectivity index (χ0) is 20.2. The fourth-order valence-corrected chi connectivity index (χ4v) is 2.62. The van der Waals surface area contributed by atoms with Crippen LogP contribution in [0.25, 0.3) is 5.57 Å². The molecule has 0 unspecified atom stereocenters. The maximum atomic E-state index is 9.33. The van der Waals surface area contributed by atoms with Crippen molar-refractivity contribution in [3.05, 3.63) is 77.4 Å². The minimum atomic E-state index is -0.587. The first-order valence-electron chi connectivity index (χ1n) is 8.39. The average molecular weight is 360 g/mol. The van der Waals surface area contributed by atoms with Crippen LogP contribution >= 0.6 is 0 Å². The SMILES string of the molecule is C=C(N)/N=C(\C(=C(\C)N)c1ccc(N)nc1)c1ccc(C(C)(C)C#N)cc1. The Morgan fingerprint density at radius 3 is 2.15 bits per heavy atom. The number of benzene rings is 1. The lowest BCUT2D eigenvalue weighted by molar-refractivity contribution is 0.687. The van der Waals surface area contributed by atoms with E-state index in [2.05, 4.69) is 22.6 Å². The van der Waals surface area contributed by atoms with Gasteiger partial charge in [-0.2, -0.15) is 5.26 Å². The minimum Gasteiger partial charge on any atom is -0.402 e. The summed E-state index contributed by atoms with van der Waals surface area (Å²) in [5.74, 6) is 0.575. The standard InChI is InChI=1S/C21H24N6/c1-13(23)19(16-7-10-18(25)26-11-16)20(27-14(2)24)15-5-8-17(9-6-15)21(3,4)12-22/h5-11H,2,23-24H2,1,3-4H3,(H2,25,26)/b19-13-,27-20-. The molecular weight excluding hydrogens is 336 g/mol. The van der Waals surface area contributed by atoms with Crippen LogP contribution in [0.2, 0.25) is 0 Å². The fraction of sp³-hybridized carbons (Fsp3) is 0.190. The van der Waals surface area contributed by atoms with Crippen molar-refractivity contribution in [2.24, 2.45) is 16.5 Å². The Morgan fingerprint density at radius 2 is 1.70 bits per heavy atom. The number of nitrogen functional groups attached to an aromatic ring is 1. The number of allylic oxidation sites excluding steroid dienone is 2. The lowest BCUT2D eigenvalue weighted by Gasteiger charge is -2.18. The van der Waals surface area contributed by atoms with Crippen LogP contribution in [0.3, 0.4) is 0 Å². The van der Waals surface area contributed by atoms with E-state index in [0.29, 0.717) is 22.8 Å². The molecule has 2 rings (SSSR count). The smallest absolute Gasteiger partial charge is 0.123 e. The summed E-state index contributed by atoms with van der Waals surface area (Å²) in [5, 5.41) is 9.33. The molecule has 0 aliphatic heterocycles. The maximum Gasteiger partial charge on any atom is 0.123 e. The summed E-state index contributed by atoms with van der Waals surface area (Å²) < 4.78 is 0. The molecule has 6 heteroatoms. The van der Waals surface area contributed by atoms with Crippen molar-refractivity contribution in [1.82, 2.24) is 4.98 Å². The molecule has 6 nitrogen and oxygen atoms in total. The van der Waals surface area contributed by atoms with Crippen molar-refractivity contribution in [2.75, 3.05) is 5.73 Å². The van der Waals surface area contributed by atoms with E-state index in [4.69, 9.17) is 17.2 Å². The molecule has 2 aromatic rings. The van der Waals surface area contributed by atoms with Crippen LogP contribution in [-0.4, -0.2) is 10.7 Å². The van der Waals surface area contributed by atoms with Gasteiger partial charge in [-0.1, -0.05) is 30.8 Å². The van der Waals surface area contributed by atoms with Gasteiger partial charge in [0.1, 0.15) is 11.6 Å². The second kappa shape index (κ2) is 7.75. The molecule has 1 aromatic carbocycles. The Hall–Kier alpha value is -3.59. The molecule has 6 N–H and O–H groups in total. The van der Waals surface area contributed by atoms with Gasteiger partial charge in [-0.25, -0.2) is 9.98 Å². The molecule has 0 bridgehead atoms. The van der Waals surface area contributed by atoms with Crippen LogP contribution in [-0.2, 0) is 5.41 Å². The van der Waals surface area contributed by atoms with Gasteiger partial charge < -0.3 is 17.2 Å². The molecule has 0 amide bonds. The topological polar surface area (TPSA) is 127 Å². The molecule has 0 atom stereocenters. The van der Waals surface area contributed by atoms with Crippen molar-refractivity contribution in [3.8, 4) is 6.07 Å².